The number of carbonyl (C=O) groups is 2. The molecule has 1 aromatic rings. The first kappa shape index (κ1) is 24.1. The van der Waals surface area contributed by atoms with Crippen molar-refractivity contribution in [2.75, 3.05) is 41.3 Å². The number of hydroxylamine groups is 2. The summed E-state index contributed by atoms with van der Waals surface area (Å²) in [4.78, 5) is 39.3. The summed E-state index contributed by atoms with van der Waals surface area (Å²) in [6, 6.07) is 1.10. The Labute approximate surface area is 177 Å². The molecule has 1 aliphatic rings. The molecule has 3 N–H and O–H groups in total. The van der Waals surface area contributed by atoms with Crippen molar-refractivity contribution in [1.82, 2.24) is 4.98 Å². The molecule has 2 rings (SSSR count). The lowest BCUT2D eigenvalue weighted by atomic mass is 10.2. The molecular weight excluding hydrogens is 442 g/mol. The normalized spacial score (nSPS) is 13.7. The van der Waals surface area contributed by atoms with E-state index in [4.69, 9.17) is 9.68 Å². The molecule has 0 fully saturated rings. The summed E-state index contributed by atoms with van der Waals surface area (Å²) in [5.41, 5.74) is 0. The third-order valence-electron chi connectivity index (χ3n) is 3.67. The van der Waals surface area contributed by atoms with Crippen LogP contribution in [0.15, 0.2) is 18.2 Å². The summed E-state index contributed by atoms with van der Waals surface area (Å²) in [6.45, 7) is 3.39. The van der Waals surface area contributed by atoms with E-state index in [-0.39, 0.29) is 33.9 Å². The number of amides is 2. The Morgan fingerprint density at radius 1 is 1.16 bits per heavy atom. The molecule has 1 aliphatic heterocycles. The Kier molecular flexibility index (Phi) is 7.92. The van der Waals surface area contributed by atoms with Crippen molar-refractivity contribution < 1.29 is 51.5 Å². The van der Waals surface area contributed by atoms with Crippen molar-refractivity contribution in [3.63, 3.8) is 0 Å². The molecule has 0 bridgehead atoms. The smallest absolute Gasteiger partial charge is 0.454 e. The van der Waals surface area contributed by atoms with Gasteiger partial charge in [-0.3, -0.25) is 4.55 Å². The van der Waals surface area contributed by atoms with Crippen LogP contribution in [-0.2, 0) is 20.1 Å². The number of aromatic nitrogens is 2. The highest BCUT2D eigenvalue weighted by molar-refractivity contribution is 7.80. The van der Waals surface area contributed by atoms with Crippen LogP contribution in [-0.4, -0.2) is 66.7 Å². The Hall–Kier alpha value is -3.21. The van der Waals surface area contributed by atoms with Gasteiger partial charge in [-0.1, -0.05) is 22.2 Å². The fourth-order valence-electron chi connectivity index (χ4n) is 2.58. The largest absolute Gasteiger partial charge is 0.488 e. The van der Waals surface area contributed by atoms with E-state index in [0.717, 1.165) is 6.07 Å². The summed E-state index contributed by atoms with van der Waals surface area (Å²) >= 11 is 0. The third-order valence-corrected chi connectivity index (χ3v) is 4.00. The summed E-state index contributed by atoms with van der Waals surface area (Å²) in [7, 11) is -5.26. The Balaban J connectivity index is 2.84. The minimum Gasteiger partial charge on any atom is -0.454 e. The zero-order valence-corrected chi connectivity index (χ0v) is 17.4. The topological polar surface area (TPSA) is 183 Å². The van der Waals surface area contributed by atoms with Gasteiger partial charge in [0.2, 0.25) is 0 Å². The molecule has 1 aromatic heterocycles. The van der Waals surface area contributed by atoms with Gasteiger partial charge in [0.25, 0.3) is 5.82 Å². The first-order valence-corrected chi connectivity index (χ1v) is 10.3. The number of carboxylic acid groups (broad SMARTS) is 2. The molecular formula is C15H22N5O10S+. The number of rotatable bonds is 9. The highest BCUT2D eigenvalue weighted by atomic mass is 32.3. The van der Waals surface area contributed by atoms with E-state index in [0.29, 0.717) is 19.5 Å². The molecule has 0 atom stereocenters. The number of anilines is 3. The molecule has 31 heavy (non-hydrogen) atoms. The lowest BCUT2D eigenvalue weighted by molar-refractivity contribution is -0.839. The SMILES string of the molecule is CCON(C(=O)O)c1cc(N2CC=CCC2)nc(N(OCC)C(=O)O)[n+]1OS(=O)(=O)O. The van der Waals surface area contributed by atoms with Crippen molar-refractivity contribution in [1.29, 1.82) is 0 Å². The minimum absolute atomic E-state index is 0.0708. The zero-order valence-electron chi connectivity index (χ0n) is 16.6. The summed E-state index contributed by atoms with van der Waals surface area (Å²) < 4.78 is 36.7. The van der Waals surface area contributed by atoms with E-state index in [9.17, 15) is 32.8 Å². The van der Waals surface area contributed by atoms with Gasteiger partial charge < -0.3 is 15.1 Å². The van der Waals surface area contributed by atoms with Gasteiger partial charge in [0.1, 0.15) is 0 Å². The van der Waals surface area contributed by atoms with E-state index in [1.54, 1.807) is 4.90 Å². The second kappa shape index (κ2) is 10.2. The fraction of sp³-hybridized carbons (Fsp3) is 0.467. The molecule has 16 heteroatoms. The summed E-state index contributed by atoms with van der Waals surface area (Å²) in [5.74, 6) is -1.35. The molecule has 0 aromatic carbocycles. The number of nitrogens with zero attached hydrogens (tertiary/aromatic N) is 5. The van der Waals surface area contributed by atoms with Gasteiger partial charge in [-0.15, -0.1) is 0 Å². The Morgan fingerprint density at radius 3 is 2.26 bits per heavy atom. The summed E-state index contributed by atoms with van der Waals surface area (Å²) in [5, 5.41) is 19.5. The van der Waals surface area contributed by atoms with Gasteiger partial charge >= 0.3 is 28.5 Å². The second-order valence-electron chi connectivity index (χ2n) is 5.76. The van der Waals surface area contributed by atoms with E-state index in [2.05, 4.69) is 9.27 Å². The van der Waals surface area contributed by atoms with Crippen molar-refractivity contribution in [2.24, 2.45) is 0 Å². The maximum atomic E-state index is 11.7. The Morgan fingerprint density at radius 2 is 1.77 bits per heavy atom. The highest BCUT2D eigenvalue weighted by Crippen LogP contribution is 2.24. The maximum Gasteiger partial charge on any atom is 0.488 e. The first-order chi connectivity index (χ1) is 14.6. The number of hydrogen-bond acceptors (Lipinski definition) is 9. The van der Waals surface area contributed by atoms with Crippen LogP contribution >= 0.6 is 0 Å². The highest BCUT2D eigenvalue weighted by Gasteiger charge is 2.39. The quantitative estimate of drug-likeness (QED) is 0.196. The van der Waals surface area contributed by atoms with Crippen molar-refractivity contribution in [3.05, 3.63) is 18.2 Å². The van der Waals surface area contributed by atoms with Crippen molar-refractivity contribution >= 4 is 40.2 Å². The van der Waals surface area contributed by atoms with E-state index >= 15 is 0 Å². The van der Waals surface area contributed by atoms with Gasteiger partial charge in [0.05, 0.1) is 19.3 Å². The van der Waals surface area contributed by atoms with Crippen LogP contribution in [0.25, 0.3) is 0 Å². The predicted octanol–water partition coefficient (Wildman–Crippen LogP) is 0.239. The molecule has 0 aliphatic carbocycles. The molecule has 2 heterocycles. The van der Waals surface area contributed by atoms with Gasteiger partial charge in [-0.2, -0.15) is 8.42 Å². The third kappa shape index (κ3) is 6.14. The van der Waals surface area contributed by atoms with Crippen LogP contribution in [0.5, 0.6) is 0 Å². The van der Waals surface area contributed by atoms with Gasteiger partial charge in [0, 0.05) is 13.1 Å². The molecule has 15 nitrogen and oxygen atoms in total. The monoisotopic (exact) mass is 464 g/mol. The lowest BCUT2D eigenvalue weighted by Gasteiger charge is -2.25. The van der Waals surface area contributed by atoms with Crippen LogP contribution < -0.4 is 24.0 Å². The summed E-state index contributed by atoms with van der Waals surface area (Å²) in [6.07, 6.45) is 0.952. The number of hydrogen-bond donors (Lipinski definition) is 3. The van der Waals surface area contributed by atoms with Crippen molar-refractivity contribution in [3.8, 4) is 0 Å². The van der Waals surface area contributed by atoms with Crippen molar-refractivity contribution in [2.45, 2.75) is 20.3 Å². The fourth-order valence-corrected chi connectivity index (χ4v) is 2.91. The van der Waals surface area contributed by atoms with E-state index in [1.807, 2.05) is 12.2 Å². The standard InChI is InChI=1S/C15H21N5O10S/c1-3-28-19(14(21)22)12-10-11(17-8-6-5-7-9-17)16-13(18(12)30-31(25,26)27)20(15(23)24)29-4-2/h5-6,10H,3-4,7-9H2,1-2H3,(H2-,21,22,23,24,25,26,27)/p+1. The van der Waals surface area contributed by atoms with Crippen LogP contribution in [0.4, 0.5) is 27.2 Å². The molecule has 0 saturated carbocycles. The predicted molar refractivity (Wildman–Crippen MR) is 103 cm³/mol. The van der Waals surface area contributed by atoms with Gasteiger partial charge in [-0.05, 0) is 30.1 Å². The van der Waals surface area contributed by atoms with Gasteiger partial charge in [0.15, 0.2) is 5.82 Å². The molecule has 172 valence electrons. The molecule has 0 radical (unpaired) electrons. The molecule has 2 amide bonds. The van der Waals surface area contributed by atoms with E-state index in [1.165, 1.54) is 13.8 Å². The first-order valence-electron chi connectivity index (χ1n) is 8.95. The van der Waals surface area contributed by atoms with Crippen LogP contribution in [0.3, 0.4) is 0 Å². The van der Waals surface area contributed by atoms with Crippen LogP contribution in [0.2, 0.25) is 0 Å². The van der Waals surface area contributed by atoms with Crippen LogP contribution in [0, 0.1) is 0 Å². The Bertz CT molecular complexity index is 908. The minimum atomic E-state index is -5.26. The average molecular weight is 464 g/mol. The maximum absolute atomic E-state index is 11.7. The lowest BCUT2D eigenvalue weighted by Crippen LogP contribution is -2.56. The van der Waals surface area contributed by atoms with Gasteiger partial charge in [-0.25, -0.2) is 23.5 Å². The molecule has 0 spiro atoms. The van der Waals surface area contributed by atoms with Crippen LogP contribution in [0.1, 0.15) is 20.3 Å². The van der Waals surface area contributed by atoms with E-state index < -0.39 is 34.4 Å². The second-order valence-corrected chi connectivity index (χ2v) is 6.77. The molecule has 0 unspecified atom stereocenters. The zero-order chi connectivity index (χ0) is 23.2. The average Bonchev–Trinajstić information content (AvgIpc) is 2.70. The molecule has 0 saturated heterocycles.